The highest BCUT2D eigenvalue weighted by Crippen LogP contribution is 2.38. The van der Waals surface area contributed by atoms with Gasteiger partial charge in [0.05, 0.1) is 6.57 Å². The van der Waals surface area contributed by atoms with Crippen LogP contribution in [-0.2, 0) is 4.79 Å². The highest BCUT2D eigenvalue weighted by Gasteiger charge is 2.14. The Labute approximate surface area is 108 Å². The Morgan fingerprint density at radius 1 is 1.39 bits per heavy atom. The monoisotopic (exact) mass is 258 g/mol. The molecule has 2 N–H and O–H groups in total. The predicted molar refractivity (Wildman–Crippen MR) is 72.4 cm³/mol. The summed E-state index contributed by atoms with van der Waals surface area (Å²) in [6.07, 6.45) is 0. The minimum atomic E-state index is -0.239. The van der Waals surface area contributed by atoms with E-state index in [1.165, 1.54) is 6.92 Å². The summed E-state index contributed by atoms with van der Waals surface area (Å²) in [5.41, 5.74) is 1.21. The van der Waals surface area contributed by atoms with Crippen LogP contribution >= 0.6 is 11.5 Å². The Morgan fingerprint density at radius 2 is 2.11 bits per heavy atom. The van der Waals surface area contributed by atoms with Crippen molar-refractivity contribution in [3.8, 4) is 0 Å². The molecule has 0 aliphatic rings. The molecule has 0 unspecified atom stereocenters. The first-order valence-electron chi connectivity index (χ1n) is 5.17. The topological polar surface area (TPSA) is 58.4 Å². The lowest BCUT2D eigenvalue weighted by Crippen LogP contribution is -2.05. The molecule has 0 atom stereocenters. The third-order valence-electron chi connectivity index (χ3n) is 2.11. The first-order valence-corrected chi connectivity index (χ1v) is 5.95. The number of carbonyl (C=O) groups excluding carboxylic acids is 1. The van der Waals surface area contributed by atoms with Gasteiger partial charge in [0.25, 0.3) is 5.69 Å². The van der Waals surface area contributed by atoms with E-state index in [0.29, 0.717) is 16.5 Å². The number of para-hydroxylation sites is 1. The molecule has 1 aromatic heterocycles. The number of carbonyl (C=O) groups is 1. The summed E-state index contributed by atoms with van der Waals surface area (Å²) in [6, 6.07) is 9.50. The molecule has 1 amide bonds. The van der Waals surface area contributed by atoms with Crippen LogP contribution in [0.4, 0.5) is 22.2 Å². The van der Waals surface area contributed by atoms with Gasteiger partial charge < -0.3 is 10.6 Å². The van der Waals surface area contributed by atoms with Gasteiger partial charge in [0, 0.05) is 12.6 Å². The Hall–Kier alpha value is -2.39. The summed E-state index contributed by atoms with van der Waals surface area (Å²) >= 11 is 1.15. The normalized spacial score (nSPS) is 9.56. The lowest BCUT2D eigenvalue weighted by molar-refractivity contribution is -0.114. The van der Waals surface area contributed by atoms with Crippen molar-refractivity contribution in [2.45, 2.75) is 6.92 Å². The second-order valence-electron chi connectivity index (χ2n) is 3.49. The maximum atomic E-state index is 11.0. The number of nitrogens with zero attached hydrogens (tertiary/aromatic N) is 2. The molecule has 1 aromatic carbocycles. The Kier molecular flexibility index (Phi) is 3.55. The molecule has 0 spiro atoms. The van der Waals surface area contributed by atoms with Gasteiger partial charge in [-0.2, -0.15) is 4.37 Å². The van der Waals surface area contributed by atoms with Gasteiger partial charge in [0.15, 0.2) is 5.82 Å². The average Bonchev–Trinajstić information content (AvgIpc) is 2.72. The zero-order valence-electron chi connectivity index (χ0n) is 9.60. The molecular formula is C12H10N4OS. The highest BCUT2D eigenvalue weighted by molar-refractivity contribution is 7.11. The predicted octanol–water partition coefficient (Wildman–Crippen LogP) is 3.40. The lowest BCUT2D eigenvalue weighted by atomic mass is 10.3. The van der Waals surface area contributed by atoms with E-state index in [0.717, 1.165) is 17.2 Å². The van der Waals surface area contributed by atoms with Crippen molar-refractivity contribution in [1.82, 2.24) is 4.37 Å². The van der Waals surface area contributed by atoms with Crippen molar-refractivity contribution in [3.63, 3.8) is 0 Å². The molecule has 1 heterocycles. The molecular weight excluding hydrogens is 248 g/mol. The van der Waals surface area contributed by atoms with Crippen LogP contribution in [0.5, 0.6) is 0 Å². The van der Waals surface area contributed by atoms with Crippen LogP contribution in [0.3, 0.4) is 0 Å². The van der Waals surface area contributed by atoms with Crippen LogP contribution in [0, 0.1) is 6.57 Å². The second-order valence-corrected chi connectivity index (χ2v) is 4.27. The Morgan fingerprint density at radius 3 is 2.72 bits per heavy atom. The quantitative estimate of drug-likeness (QED) is 0.829. The van der Waals surface area contributed by atoms with E-state index in [-0.39, 0.29) is 5.91 Å². The van der Waals surface area contributed by atoms with E-state index < -0.39 is 0 Å². The smallest absolute Gasteiger partial charge is 0.263 e. The third-order valence-corrected chi connectivity index (χ3v) is 2.86. The van der Waals surface area contributed by atoms with E-state index in [4.69, 9.17) is 6.57 Å². The summed E-state index contributed by atoms with van der Waals surface area (Å²) in [5.74, 6) is 0.0670. The van der Waals surface area contributed by atoms with Gasteiger partial charge in [0.1, 0.15) is 5.00 Å². The van der Waals surface area contributed by atoms with Crippen LogP contribution in [0.2, 0.25) is 0 Å². The van der Waals surface area contributed by atoms with Crippen molar-refractivity contribution in [2.75, 3.05) is 10.6 Å². The molecule has 2 aromatic rings. The minimum absolute atomic E-state index is 0.239. The van der Waals surface area contributed by atoms with Gasteiger partial charge in [0.2, 0.25) is 5.91 Å². The van der Waals surface area contributed by atoms with Crippen LogP contribution in [0.15, 0.2) is 30.3 Å². The molecule has 0 fully saturated rings. The van der Waals surface area contributed by atoms with Crippen molar-refractivity contribution >= 4 is 39.6 Å². The van der Waals surface area contributed by atoms with Crippen molar-refractivity contribution in [2.24, 2.45) is 0 Å². The molecule has 0 radical (unpaired) electrons. The number of anilines is 3. The van der Waals surface area contributed by atoms with Crippen molar-refractivity contribution < 1.29 is 4.79 Å². The van der Waals surface area contributed by atoms with Gasteiger partial charge in [-0.3, -0.25) is 4.79 Å². The molecule has 0 saturated carbocycles. The second kappa shape index (κ2) is 5.29. The van der Waals surface area contributed by atoms with Crippen LogP contribution in [-0.4, -0.2) is 10.3 Å². The minimum Gasteiger partial charge on any atom is -0.355 e. The molecule has 6 heteroatoms. The summed E-state index contributed by atoms with van der Waals surface area (Å²) in [6.45, 7) is 8.54. The first kappa shape index (κ1) is 12.1. The highest BCUT2D eigenvalue weighted by atomic mass is 32.1. The molecule has 0 saturated heterocycles. The zero-order chi connectivity index (χ0) is 13.0. The number of aromatic nitrogens is 1. The van der Waals surface area contributed by atoms with Crippen LogP contribution in [0.1, 0.15) is 6.92 Å². The van der Waals surface area contributed by atoms with Crippen molar-refractivity contribution in [1.29, 1.82) is 0 Å². The summed E-state index contributed by atoms with van der Waals surface area (Å²) in [7, 11) is 0. The van der Waals surface area contributed by atoms with E-state index in [1.807, 2.05) is 30.3 Å². The number of benzene rings is 1. The number of rotatable bonds is 3. The first-order chi connectivity index (χ1) is 8.70. The fourth-order valence-corrected chi connectivity index (χ4v) is 2.08. The van der Waals surface area contributed by atoms with Gasteiger partial charge in [-0.15, -0.1) is 0 Å². The maximum absolute atomic E-state index is 11.0. The maximum Gasteiger partial charge on any atom is 0.263 e. The molecule has 90 valence electrons. The fraction of sp³-hybridized carbons (Fsp3) is 0.0833. The Balaban J connectivity index is 2.27. The standard InChI is InChI=1S/C12H10N4OS/c1-8(17)14-11-10(13-2)12(18-16-11)15-9-6-4-3-5-7-9/h3-7,15H,1H3,(H,14,16,17). The average molecular weight is 258 g/mol. The Bertz CT molecular complexity index is 600. The molecule has 0 aliphatic carbocycles. The summed E-state index contributed by atoms with van der Waals surface area (Å²) in [4.78, 5) is 14.4. The zero-order valence-corrected chi connectivity index (χ0v) is 10.4. The van der Waals surface area contributed by atoms with Gasteiger partial charge in [-0.1, -0.05) is 18.2 Å². The number of hydrogen-bond acceptors (Lipinski definition) is 4. The SMILES string of the molecule is [C-]#[N+]c1c(NC(C)=O)nsc1Nc1ccccc1. The van der Waals surface area contributed by atoms with Gasteiger partial charge in [-0.25, -0.2) is 4.85 Å². The molecule has 0 aliphatic heterocycles. The van der Waals surface area contributed by atoms with Crippen LogP contribution in [0.25, 0.3) is 4.85 Å². The van der Waals surface area contributed by atoms with E-state index in [9.17, 15) is 4.79 Å². The van der Waals surface area contributed by atoms with Gasteiger partial charge >= 0.3 is 0 Å². The lowest BCUT2D eigenvalue weighted by Gasteiger charge is -2.03. The number of amides is 1. The van der Waals surface area contributed by atoms with Crippen molar-refractivity contribution in [3.05, 3.63) is 41.7 Å². The summed E-state index contributed by atoms with van der Waals surface area (Å²) in [5, 5.41) is 6.27. The van der Waals surface area contributed by atoms with E-state index in [2.05, 4.69) is 19.9 Å². The largest absolute Gasteiger partial charge is 0.355 e. The molecule has 0 bridgehead atoms. The number of hydrogen-bond donors (Lipinski definition) is 2. The number of nitrogens with one attached hydrogen (secondary N) is 2. The van der Waals surface area contributed by atoms with E-state index >= 15 is 0 Å². The molecule has 2 rings (SSSR count). The fourth-order valence-electron chi connectivity index (χ4n) is 1.37. The van der Waals surface area contributed by atoms with Gasteiger partial charge in [-0.05, 0) is 23.7 Å². The summed E-state index contributed by atoms with van der Waals surface area (Å²) < 4.78 is 4.06. The molecule has 18 heavy (non-hydrogen) atoms. The third kappa shape index (κ3) is 2.64. The van der Waals surface area contributed by atoms with Crippen LogP contribution < -0.4 is 10.6 Å². The molecule has 5 nitrogen and oxygen atoms in total. The van der Waals surface area contributed by atoms with E-state index in [1.54, 1.807) is 0 Å².